The Labute approximate surface area is 98.3 Å². The normalized spacial score (nSPS) is 10.3. The van der Waals surface area contributed by atoms with E-state index in [1.165, 1.54) is 16.7 Å². The molecule has 0 amide bonds. The third-order valence-corrected chi connectivity index (χ3v) is 2.89. The molecule has 1 nitrogen and oxygen atoms in total. The molecule has 0 saturated carbocycles. The van der Waals surface area contributed by atoms with E-state index in [0.29, 0.717) is 0 Å². The van der Waals surface area contributed by atoms with E-state index in [4.69, 9.17) is 0 Å². The molecule has 0 aliphatic heterocycles. The van der Waals surface area contributed by atoms with Crippen molar-refractivity contribution in [3.63, 3.8) is 0 Å². The Kier molecular flexibility index (Phi) is 2.87. The van der Waals surface area contributed by atoms with E-state index in [0.717, 1.165) is 10.3 Å². The predicted octanol–water partition coefficient (Wildman–Crippen LogP) is 4.13. The van der Waals surface area contributed by atoms with Gasteiger partial charge in [0, 0.05) is 5.56 Å². The summed E-state index contributed by atoms with van der Waals surface area (Å²) in [7, 11) is 0. The Morgan fingerprint density at radius 2 is 1.53 bits per heavy atom. The highest BCUT2D eigenvalue weighted by Crippen LogP contribution is 2.26. The quantitative estimate of drug-likeness (QED) is 0.704. The highest BCUT2D eigenvalue weighted by Gasteiger charge is 2.06. The van der Waals surface area contributed by atoms with Crippen molar-refractivity contribution in [1.82, 2.24) is 4.98 Å². The molecule has 2 heteroatoms. The van der Waals surface area contributed by atoms with Gasteiger partial charge >= 0.3 is 0 Å². The van der Waals surface area contributed by atoms with Crippen molar-refractivity contribution < 1.29 is 0 Å². The minimum atomic E-state index is 0.877. The largest absolute Gasteiger partial charge is 0.241 e. The third kappa shape index (κ3) is 2.10. The van der Waals surface area contributed by atoms with Gasteiger partial charge in [0.15, 0.2) is 0 Å². The van der Waals surface area contributed by atoms with Crippen molar-refractivity contribution in [1.29, 1.82) is 0 Å². The maximum Gasteiger partial charge on any atom is 0.106 e. The van der Waals surface area contributed by atoms with Gasteiger partial charge in [-0.3, -0.25) is 0 Å². The number of benzene rings is 1. The minimum Gasteiger partial charge on any atom is -0.241 e. The van der Waals surface area contributed by atoms with E-state index in [1.54, 1.807) is 0 Å². The van der Waals surface area contributed by atoms with Gasteiger partial charge in [0.25, 0.3) is 0 Å². The minimum absolute atomic E-state index is 0.877. The molecule has 0 saturated heterocycles. The lowest BCUT2D eigenvalue weighted by molar-refractivity contribution is 1.25. The van der Waals surface area contributed by atoms with E-state index in [9.17, 15) is 0 Å². The van der Waals surface area contributed by atoms with Crippen molar-refractivity contribution in [3.8, 4) is 11.3 Å². The highest BCUT2D eigenvalue weighted by atomic mass is 79.9. The molecule has 0 N–H and O–H groups in total. The van der Waals surface area contributed by atoms with Crippen molar-refractivity contribution in [2.75, 3.05) is 0 Å². The Morgan fingerprint density at radius 1 is 0.933 bits per heavy atom. The third-order valence-electron chi connectivity index (χ3n) is 2.45. The van der Waals surface area contributed by atoms with Crippen LogP contribution in [0.2, 0.25) is 0 Å². The second kappa shape index (κ2) is 4.15. The summed E-state index contributed by atoms with van der Waals surface area (Å²) < 4.78 is 0.877. The number of pyridine rings is 1. The number of rotatable bonds is 1. The Balaban J connectivity index is 2.63. The average Bonchev–Trinajstić information content (AvgIpc) is 2.17. The molecular formula is C13H12BrN. The van der Waals surface area contributed by atoms with Gasteiger partial charge in [0.2, 0.25) is 0 Å². The molecule has 1 heterocycles. The number of aromatic nitrogens is 1. The maximum atomic E-state index is 4.48. The van der Waals surface area contributed by atoms with Gasteiger partial charge in [0.1, 0.15) is 4.60 Å². The Morgan fingerprint density at radius 3 is 2.13 bits per heavy atom. The molecule has 15 heavy (non-hydrogen) atoms. The first-order chi connectivity index (χ1) is 7.18. The molecule has 1 aromatic carbocycles. The van der Waals surface area contributed by atoms with Crippen LogP contribution in [-0.2, 0) is 0 Å². The zero-order valence-electron chi connectivity index (χ0n) is 8.79. The van der Waals surface area contributed by atoms with Gasteiger partial charge in [-0.05, 0) is 53.0 Å². The molecular weight excluding hydrogens is 250 g/mol. The van der Waals surface area contributed by atoms with Crippen LogP contribution in [0.15, 0.2) is 41.0 Å². The molecule has 76 valence electrons. The van der Waals surface area contributed by atoms with Crippen LogP contribution in [0.5, 0.6) is 0 Å². The predicted molar refractivity (Wildman–Crippen MR) is 66.8 cm³/mol. The maximum absolute atomic E-state index is 4.48. The number of hydrogen-bond donors (Lipinski definition) is 0. The second-order valence-corrected chi connectivity index (χ2v) is 4.42. The molecule has 0 spiro atoms. The van der Waals surface area contributed by atoms with Gasteiger partial charge in [-0.1, -0.05) is 24.3 Å². The molecule has 0 radical (unpaired) electrons. The summed E-state index contributed by atoms with van der Waals surface area (Å²) in [5.41, 5.74) is 4.79. The summed E-state index contributed by atoms with van der Waals surface area (Å²) in [6.07, 6.45) is 0. The van der Waals surface area contributed by atoms with E-state index in [1.807, 2.05) is 18.2 Å². The van der Waals surface area contributed by atoms with Crippen molar-refractivity contribution in [2.45, 2.75) is 13.8 Å². The fourth-order valence-electron chi connectivity index (χ4n) is 1.77. The van der Waals surface area contributed by atoms with Gasteiger partial charge in [-0.25, -0.2) is 4.98 Å². The molecule has 1 aromatic heterocycles. The number of hydrogen-bond acceptors (Lipinski definition) is 1. The lowest BCUT2D eigenvalue weighted by Crippen LogP contribution is -1.90. The van der Waals surface area contributed by atoms with E-state index >= 15 is 0 Å². The molecule has 2 rings (SSSR count). The van der Waals surface area contributed by atoms with Crippen LogP contribution < -0.4 is 0 Å². The first kappa shape index (κ1) is 10.4. The zero-order valence-corrected chi connectivity index (χ0v) is 10.4. The van der Waals surface area contributed by atoms with Crippen LogP contribution in [0.1, 0.15) is 11.1 Å². The summed E-state index contributed by atoms with van der Waals surface area (Å²) >= 11 is 3.40. The fraction of sp³-hybridized carbons (Fsp3) is 0.154. The van der Waals surface area contributed by atoms with E-state index < -0.39 is 0 Å². The van der Waals surface area contributed by atoms with Crippen LogP contribution >= 0.6 is 15.9 Å². The number of nitrogens with zero attached hydrogens (tertiary/aromatic N) is 1. The van der Waals surface area contributed by atoms with Crippen molar-refractivity contribution in [2.24, 2.45) is 0 Å². The van der Waals surface area contributed by atoms with Gasteiger partial charge in [-0.15, -0.1) is 0 Å². The summed E-state index contributed by atoms with van der Waals surface area (Å²) in [6.45, 7) is 4.23. The molecule has 0 atom stereocenters. The molecule has 2 aromatic rings. The average molecular weight is 262 g/mol. The van der Waals surface area contributed by atoms with Crippen molar-refractivity contribution in [3.05, 3.63) is 52.1 Å². The summed E-state index contributed by atoms with van der Waals surface area (Å²) in [5, 5.41) is 0. The topological polar surface area (TPSA) is 12.9 Å². The Bertz CT molecular complexity index is 471. The first-order valence-electron chi connectivity index (χ1n) is 4.87. The standard InChI is InChI=1S/C13H12BrN/c1-9-5-3-6-10(2)13(9)11-7-4-8-12(14)15-11/h3-8H,1-2H3. The van der Waals surface area contributed by atoms with Crippen molar-refractivity contribution >= 4 is 15.9 Å². The SMILES string of the molecule is Cc1cccc(C)c1-c1cccc(Br)n1. The molecule has 0 unspecified atom stereocenters. The zero-order chi connectivity index (χ0) is 10.8. The molecule has 0 fully saturated rings. The number of halogens is 1. The lowest BCUT2D eigenvalue weighted by atomic mass is 10.00. The molecule has 0 aliphatic carbocycles. The fourth-order valence-corrected chi connectivity index (χ4v) is 2.11. The van der Waals surface area contributed by atoms with Gasteiger partial charge in [0.05, 0.1) is 5.69 Å². The van der Waals surface area contributed by atoms with E-state index in [-0.39, 0.29) is 0 Å². The monoisotopic (exact) mass is 261 g/mol. The van der Waals surface area contributed by atoms with Crippen LogP contribution in [0, 0.1) is 13.8 Å². The highest BCUT2D eigenvalue weighted by molar-refractivity contribution is 9.10. The summed E-state index contributed by atoms with van der Waals surface area (Å²) in [4.78, 5) is 4.48. The first-order valence-corrected chi connectivity index (χ1v) is 5.67. The Hall–Kier alpha value is -1.15. The van der Waals surface area contributed by atoms with Crippen LogP contribution in [0.25, 0.3) is 11.3 Å². The lowest BCUT2D eigenvalue weighted by Gasteiger charge is -2.08. The molecule has 0 aliphatic rings. The van der Waals surface area contributed by atoms with Gasteiger partial charge < -0.3 is 0 Å². The van der Waals surface area contributed by atoms with Crippen LogP contribution in [0.3, 0.4) is 0 Å². The van der Waals surface area contributed by atoms with Crippen LogP contribution in [0.4, 0.5) is 0 Å². The molecule has 0 bridgehead atoms. The van der Waals surface area contributed by atoms with E-state index in [2.05, 4.69) is 53.0 Å². The summed E-state index contributed by atoms with van der Waals surface area (Å²) in [5.74, 6) is 0. The smallest absolute Gasteiger partial charge is 0.106 e. The van der Waals surface area contributed by atoms with Crippen LogP contribution in [-0.4, -0.2) is 4.98 Å². The summed E-state index contributed by atoms with van der Waals surface area (Å²) in [6, 6.07) is 12.3. The van der Waals surface area contributed by atoms with Gasteiger partial charge in [-0.2, -0.15) is 0 Å². The second-order valence-electron chi connectivity index (χ2n) is 3.61. The number of aryl methyl sites for hydroxylation is 2.